The van der Waals surface area contributed by atoms with Gasteiger partial charge in [-0.3, -0.25) is 0 Å². The molecule has 7 heteroatoms. The van der Waals surface area contributed by atoms with Crippen LogP contribution in [0.25, 0.3) is 0 Å². The van der Waals surface area contributed by atoms with Crippen molar-refractivity contribution in [1.82, 2.24) is 4.98 Å². The highest BCUT2D eigenvalue weighted by atomic mass is 19.4. The number of hydrogen-bond acceptors (Lipinski definition) is 4. The molecule has 1 N–H and O–H groups in total. The van der Waals surface area contributed by atoms with Crippen LogP contribution in [0.15, 0.2) is 48.7 Å². The average molecular weight is 313 g/mol. The summed E-state index contributed by atoms with van der Waals surface area (Å²) in [6, 6.07) is 10.7. The van der Waals surface area contributed by atoms with E-state index >= 15 is 0 Å². The summed E-state index contributed by atoms with van der Waals surface area (Å²) < 4.78 is 49.0. The lowest BCUT2D eigenvalue weighted by atomic mass is 10.2. The first-order valence-corrected chi connectivity index (χ1v) is 6.52. The van der Waals surface area contributed by atoms with Gasteiger partial charge in [0.25, 0.3) is 0 Å². The molecular formula is C15H14F3NO3. The van der Waals surface area contributed by atoms with Crippen LogP contribution in [0.4, 0.5) is 13.2 Å². The lowest BCUT2D eigenvalue weighted by Crippen LogP contribution is -2.49. The number of alkyl halides is 3. The summed E-state index contributed by atoms with van der Waals surface area (Å²) in [5.74, 6) is -3.28. The second kappa shape index (κ2) is 6.23. The molecule has 118 valence electrons. The number of ether oxygens (including phenoxy) is 2. The zero-order chi connectivity index (χ0) is 16.2. The van der Waals surface area contributed by atoms with Crippen LogP contribution in [0.3, 0.4) is 0 Å². The van der Waals surface area contributed by atoms with Crippen molar-refractivity contribution >= 4 is 0 Å². The van der Waals surface area contributed by atoms with Gasteiger partial charge in [0, 0.05) is 18.7 Å². The molecule has 4 nitrogen and oxygen atoms in total. The third kappa shape index (κ3) is 3.48. The van der Waals surface area contributed by atoms with Gasteiger partial charge in [-0.2, -0.15) is 13.2 Å². The number of benzene rings is 1. The Kier molecular flexibility index (Phi) is 4.56. The smallest absolute Gasteiger partial charge is 0.449 e. The molecule has 0 saturated heterocycles. The van der Waals surface area contributed by atoms with Crippen molar-refractivity contribution in [2.45, 2.75) is 25.3 Å². The molecule has 0 spiro atoms. The van der Waals surface area contributed by atoms with Crippen LogP contribution in [-0.4, -0.2) is 22.1 Å². The molecular weight excluding hydrogens is 299 g/mol. The van der Waals surface area contributed by atoms with Gasteiger partial charge in [0.2, 0.25) is 5.88 Å². The Hall–Kier alpha value is -2.28. The van der Waals surface area contributed by atoms with Gasteiger partial charge >= 0.3 is 12.0 Å². The molecule has 0 aliphatic rings. The van der Waals surface area contributed by atoms with E-state index < -0.39 is 18.4 Å². The molecule has 0 saturated carbocycles. The van der Waals surface area contributed by atoms with Crippen molar-refractivity contribution < 1.29 is 27.8 Å². The minimum Gasteiger partial charge on any atom is -0.449 e. The van der Waals surface area contributed by atoms with E-state index in [2.05, 4.69) is 4.98 Å². The quantitative estimate of drug-likeness (QED) is 0.850. The monoisotopic (exact) mass is 313 g/mol. The standard InChI is InChI=1S/C15H14F3NO3/c1-2-14(20,15(16,17)18)22-12-8-4-3-7-11(12)21-13-9-5-6-10-19-13/h3-10,20H,2H2,1H3. The first-order chi connectivity index (χ1) is 10.4. The summed E-state index contributed by atoms with van der Waals surface area (Å²) in [5.41, 5.74) is 0. The summed E-state index contributed by atoms with van der Waals surface area (Å²) in [4.78, 5) is 3.92. The number of pyridine rings is 1. The van der Waals surface area contributed by atoms with Gasteiger partial charge < -0.3 is 14.6 Å². The number of halogens is 3. The van der Waals surface area contributed by atoms with E-state index in [0.29, 0.717) is 0 Å². The minimum absolute atomic E-state index is 0.0253. The Bertz CT molecular complexity index is 619. The van der Waals surface area contributed by atoms with Gasteiger partial charge in [-0.25, -0.2) is 4.98 Å². The minimum atomic E-state index is -4.93. The molecule has 2 aromatic rings. The molecule has 1 aromatic carbocycles. The summed E-state index contributed by atoms with van der Waals surface area (Å²) >= 11 is 0. The van der Waals surface area contributed by atoms with E-state index in [9.17, 15) is 18.3 Å². The van der Waals surface area contributed by atoms with Crippen molar-refractivity contribution in [2.24, 2.45) is 0 Å². The third-order valence-electron chi connectivity index (χ3n) is 2.90. The summed E-state index contributed by atoms with van der Waals surface area (Å²) in [7, 11) is 0. The van der Waals surface area contributed by atoms with Crippen molar-refractivity contribution in [2.75, 3.05) is 0 Å². The average Bonchev–Trinajstić information content (AvgIpc) is 2.49. The number of aromatic nitrogens is 1. The predicted octanol–water partition coefficient (Wildman–Crippen LogP) is 3.91. The van der Waals surface area contributed by atoms with Crippen LogP contribution in [-0.2, 0) is 0 Å². The van der Waals surface area contributed by atoms with Gasteiger partial charge in [0.05, 0.1) is 0 Å². The highest BCUT2D eigenvalue weighted by Crippen LogP contribution is 2.39. The topological polar surface area (TPSA) is 51.6 Å². The second-order valence-electron chi connectivity index (χ2n) is 4.45. The van der Waals surface area contributed by atoms with Crippen LogP contribution in [0.1, 0.15) is 13.3 Å². The van der Waals surface area contributed by atoms with Gasteiger partial charge in [-0.1, -0.05) is 25.1 Å². The van der Waals surface area contributed by atoms with Crippen LogP contribution >= 0.6 is 0 Å². The lowest BCUT2D eigenvalue weighted by Gasteiger charge is -2.30. The normalized spacial score (nSPS) is 14.2. The highest BCUT2D eigenvalue weighted by molar-refractivity contribution is 5.42. The molecule has 22 heavy (non-hydrogen) atoms. The molecule has 0 fully saturated rings. The Morgan fingerprint density at radius 3 is 2.23 bits per heavy atom. The zero-order valence-electron chi connectivity index (χ0n) is 11.7. The first-order valence-electron chi connectivity index (χ1n) is 6.52. The Morgan fingerprint density at radius 1 is 1.05 bits per heavy atom. The zero-order valence-corrected chi connectivity index (χ0v) is 11.7. The molecule has 1 aromatic heterocycles. The van der Waals surface area contributed by atoms with E-state index in [1.54, 1.807) is 24.3 Å². The molecule has 0 radical (unpaired) electrons. The molecule has 1 heterocycles. The van der Waals surface area contributed by atoms with Crippen LogP contribution in [0.2, 0.25) is 0 Å². The van der Waals surface area contributed by atoms with E-state index in [1.165, 1.54) is 31.3 Å². The number of para-hydroxylation sites is 2. The third-order valence-corrected chi connectivity index (χ3v) is 2.90. The van der Waals surface area contributed by atoms with Crippen molar-refractivity contribution in [3.63, 3.8) is 0 Å². The van der Waals surface area contributed by atoms with Crippen LogP contribution in [0.5, 0.6) is 17.4 Å². The highest BCUT2D eigenvalue weighted by Gasteiger charge is 2.55. The largest absolute Gasteiger partial charge is 0.455 e. The molecule has 0 aliphatic carbocycles. The van der Waals surface area contributed by atoms with Crippen LogP contribution in [0, 0.1) is 0 Å². The molecule has 0 aliphatic heterocycles. The van der Waals surface area contributed by atoms with Gasteiger partial charge in [0.1, 0.15) is 0 Å². The van der Waals surface area contributed by atoms with Gasteiger partial charge in [-0.05, 0) is 18.2 Å². The van der Waals surface area contributed by atoms with E-state index in [-0.39, 0.29) is 17.4 Å². The van der Waals surface area contributed by atoms with E-state index in [0.717, 1.165) is 0 Å². The Morgan fingerprint density at radius 2 is 1.68 bits per heavy atom. The fourth-order valence-electron chi connectivity index (χ4n) is 1.65. The molecule has 2 rings (SSSR count). The predicted molar refractivity (Wildman–Crippen MR) is 72.7 cm³/mol. The van der Waals surface area contributed by atoms with E-state index in [1.807, 2.05) is 0 Å². The molecule has 0 bridgehead atoms. The molecule has 1 unspecified atom stereocenters. The number of nitrogens with zero attached hydrogens (tertiary/aromatic N) is 1. The van der Waals surface area contributed by atoms with Crippen molar-refractivity contribution in [1.29, 1.82) is 0 Å². The summed E-state index contributed by atoms with van der Waals surface area (Å²) in [6.07, 6.45) is -4.11. The van der Waals surface area contributed by atoms with Crippen molar-refractivity contribution in [3.8, 4) is 17.4 Å². The fraction of sp³-hybridized carbons (Fsp3) is 0.267. The maximum atomic E-state index is 12.9. The first kappa shape index (κ1) is 16.1. The second-order valence-corrected chi connectivity index (χ2v) is 4.45. The van der Waals surface area contributed by atoms with Gasteiger partial charge in [-0.15, -0.1) is 0 Å². The number of aliphatic hydroxyl groups is 1. The maximum absolute atomic E-state index is 12.9. The SMILES string of the molecule is CCC(O)(Oc1ccccc1Oc1ccccn1)C(F)(F)F. The van der Waals surface area contributed by atoms with Crippen LogP contribution < -0.4 is 9.47 Å². The van der Waals surface area contributed by atoms with E-state index in [4.69, 9.17) is 9.47 Å². The van der Waals surface area contributed by atoms with Crippen molar-refractivity contribution in [3.05, 3.63) is 48.7 Å². The molecule has 1 atom stereocenters. The summed E-state index contributed by atoms with van der Waals surface area (Å²) in [5, 5.41) is 9.68. The van der Waals surface area contributed by atoms with Gasteiger partial charge in [0.15, 0.2) is 11.5 Å². The fourth-order valence-corrected chi connectivity index (χ4v) is 1.65. The lowest BCUT2D eigenvalue weighted by molar-refractivity contribution is -0.336. The number of rotatable bonds is 5. The summed E-state index contributed by atoms with van der Waals surface area (Å²) in [6.45, 7) is 1.18. The Balaban J connectivity index is 2.29. The maximum Gasteiger partial charge on any atom is 0.455 e. The Labute approximate surface area is 125 Å². The number of hydrogen-bond donors (Lipinski definition) is 1. The molecule has 0 amide bonds.